The molecule has 2 rings (SSSR count). The van der Waals surface area contributed by atoms with E-state index in [4.69, 9.17) is 4.74 Å². The van der Waals surface area contributed by atoms with Crippen molar-refractivity contribution in [2.24, 2.45) is 5.41 Å². The Hall–Kier alpha value is -1.91. The van der Waals surface area contributed by atoms with E-state index in [1.807, 2.05) is 34.6 Å². The molecule has 102 valence electrons. The number of aromatic nitrogens is 3. The maximum atomic E-state index is 12.3. The quantitative estimate of drug-likeness (QED) is 0.862. The maximum Gasteiger partial charge on any atom is 0.233 e. The molecule has 0 unspecified atom stereocenters. The smallest absolute Gasteiger partial charge is 0.233 e. The normalized spacial score (nSPS) is 12.1. The first-order valence-electron chi connectivity index (χ1n) is 6.34. The Bertz CT molecular complexity index is 609. The fourth-order valence-corrected chi connectivity index (χ4v) is 1.75. The summed E-state index contributed by atoms with van der Waals surface area (Å²) in [6.07, 6.45) is 3.24. The largest absolute Gasteiger partial charge is 0.474 e. The molecule has 5 nitrogen and oxygen atoms in total. The number of nitrogens with one attached hydrogen (secondary N) is 1. The van der Waals surface area contributed by atoms with E-state index in [0.29, 0.717) is 22.6 Å². The lowest BCUT2D eigenvalue weighted by molar-refractivity contribution is 0.0860. The molecule has 2 aromatic heterocycles. The van der Waals surface area contributed by atoms with Gasteiger partial charge in [-0.05, 0) is 13.8 Å². The van der Waals surface area contributed by atoms with Crippen molar-refractivity contribution in [2.45, 2.75) is 40.7 Å². The molecule has 2 aromatic rings. The lowest BCUT2D eigenvalue weighted by atomic mass is 9.87. The highest BCUT2D eigenvalue weighted by atomic mass is 16.5. The van der Waals surface area contributed by atoms with E-state index in [-0.39, 0.29) is 11.9 Å². The van der Waals surface area contributed by atoms with Gasteiger partial charge in [0.25, 0.3) is 0 Å². The third-order valence-corrected chi connectivity index (χ3v) is 2.64. The molecule has 0 spiro atoms. The minimum atomic E-state index is -0.453. The molecule has 0 aliphatic heterocycles. The molecular weight excluding hydrogens is 242 g/mol. The highest BCUT2D eigenvalue weighted by molar-refractivity contribution is 6.08. The van der Waals surface area contributed by atoms with E-state index < -0.39 is 5.41 Å². The molecule has 0 aliphatic rings. The van der Waals surface area contributed by atoms with Gasteiger partial charge in [0, 0.05) is 11.6 Å². The topological polar surface area (TPSA) is 67.9 Å². The van der Waals surface area contributed by atoms with Crippen molar-refractivity contribution < 1.29 is 9.53 Å². The van der Waals surface area contributed by atoms with Gasteiger partial charge in [-0.15, -0.1) is 0 Å². The van der Waals surface area contributed by atoms with Crippen LogP contribution in [0, 0.1) is 5.41 Å². The van der Waals surface area contributed by atoms with Gasteiger partial charge in [-0.3, -0.25) is 4.79 Å². The zero-order valence-corrected chi connectivity index (χ0v) is 11.9. The number of H-pyrrole nitrogens is 1. The molecule has 1 N–H and O–H groups in total. The van der Waals surface area contributed by atoms with Crippen LogP contribution < -0.4 is 4.74 Å². The zero-order valence-electron chi connectivity index (χ0n) is 11.9. The highest BCUT2D eigenvalue weighted by Crippen LogP contribution is 2.26. The Balaban J connectivity index is 2.49. The second-order valence-electron chi connectivity index (χ2n) is 5.85. The van der Waals surface area contributed by atoms with Crippen LogP contribution >= 0.6 is 0 Å². The number of hydrogen-bond acceptors (Lipinski definition) is 4. The summed E-state index contributed by atoms with van der Waals surface area (Å²) in [6.45, 7) is 9.50. The number of Topliss-reactive ketones (excluding diaryl/α,β-unsaturated/α-hetero) is 1. The molecule has 0 aliphatic carbocycles. The first-order valence-corrected chi connectivity index (χ1v) is 6.34. The van der Waals surface area contributed by atoms with Crippen molar-refractivity contribution in [2.75, 3.05) is 0 Å². The second kappa shape index (κ2) is 4.64. The highest BCUT2D eigenvalue weighted by Gasteiger charge is 2.26. The molecule has 0 fully saturated rings. The molecule has 0 amide bonds. The van der Waals surface area contributed by atoms with Gasteiger partial charge in [0.2, 0.25) is 5.88 Å². The SMILES string of the molecule is CC(C)Oc1cnc2[nH]cc(C(=O)C(C)(C)C)c2n1. The fourth-order valence-electron chi connectivity index (χ4n) is 1.75. The summed E-state index contributed by atoms with van der Waals surface area (Å²) in [7, 11) is 0. The van der Waals surface area contributed by atoms with E-state index in [1.54, 1.807) is 12.4 Å². The van der Waals surface area contributed by atoms with Gasteiger partial charge in [0.05, 0.1) is 17.9 Å². The van der Waals surface area contributed by atoms with Crippen molar-refractivity contribution in [1.29, 1.82) is 0 Å². The number of hydrogen-bond donors (Lipinski definition) is 1. The van der Waals surface area contributed by atoms with E-state index in [9.17, 15) is 4.79 Å². The van der Waals surface area contributed by atoms with E-state index in [1.165, 1.54) is 0 Å². The summed E-state index contributed by atoms with van der Waals surface area (Å²) >= 11 is 0. The minimum absolute atomic E-state index is 0.0208. The monoisotopic (exact) mass is 261 g/mol. The number of carbonyl (C=O) groups is 1. The molecule has 0 radical (unpaired) electrons. The molecule has 0 atom stereocenters. The van der Waals surface area contributed by atoms with Gasteiger partial charge in [-0.2, -0.15) is 0 Å². The molecule has 0 aromatic carbocycles. The average Bonchev–Trinajstić information content (AvgIpc) is 2.68. The van der Waals surface area contributed by atoms with Crippen molar-refractivity contribution in [1.82, 2.24) is 15.0 Å². The number of rotatable bonds is 3. The van der Waals surface area contributed by atoms with Crippen LogP contribution in [0.15, 0.2) is 12.4 Å². The third-order valence-electron chi connectivity index (χ3n) is 2.64. The molecular formula is C14H19N3O2. The third kappa shape index (κ3) is 2.75. The average molecular weight is 261 g/mol. The van der Waals surface area contributed by atoms with Gasteiger partial charge >= 0.3 is 0 Å². The van der Waals surface area contributed by atoms with E-state index in [0.717, 1.165) is 0 Å². The van der Waals surface area contributed by atoms with Crippen LogP contribution in [-0.4, -0.2) is 26.8 Å². The van der Waals surface area contributed by atoms with Crippen LogP contribution in [0.3, 0.4) is 0 Å². The van der Waals surface area contributed by atoms with E-state index in [2.05, 4.69) is 15.0 Å². The summed E-state index contributed by atoms with van der Waals surface area (Å²) in [6, 6.07) is 0. The predicted molar refractivity (Wildman–Crippen MR) is 73.4 cm³/mol. The van der Waals surface area contributed by atoms with Crippen LogP contribution in [-0.2, 0) is 0 Å². The van der Waals surface area contributed by atoms with Crippen LogP contribution in [0.5, 0.6) is 5.88 Å². The Morgan fingerprint density at radius 1 is 1.37 bits per heavy atom. The standard InChI is InChI=1S/C14H19N3O2/c1-8(2)19-10-7-16-13-11(17-10)9(6-15-13)12(18)14(3,4)5/h6-8H,1-5H3,(H,15,16). The number of nitrogens with zero attached hydrogens (tertiary/aromatic N) is 2. The van der Waals surface area contributed by atoms with Gasteiger partial charge in [0.1, 0.15) is 5.52 Å². The number of carbonyl (C=O) groups excluding carboxylic acids is 1. The molecule has 19 heavy (non-hydrogen) atoms. The van der Waals surface area contributed by atoms with Gasteiger partial charge < -0.3 is 9.72 Å². The van der Waals surface area contributed by atoms with E-state index >= 15 is 0 Å². The number of ketones is 1. The van der Waals surface area contributed by atoms with Crippen LogP contribution in [0.4, 0.5) is 0 Å². The van der Waals surface area contributed by atoms with Crippen molar-refractivity contribution in [3.63, 3.8) is 0 Å². The zero-order chi connectivity index (χ0) is 14.2. The van der Waals surface area contributed by atoms with Crippen molar-refractivity contribution >= 4 is 16.9 Å². The molecule has 0 bridgehead atoms. The summed E-state index contributed by atoms with van der Waals surface area (Å²) in [5, 5.41) is 0. The van der Waals surface area contributed by atoms with Gasteiger partial charge in [-0.25, -0.2) is 9.97 Å². The summed E-state index contributed by atoms with van der Waals surface area (Å²) in [4.78, 5) is 23.9. The van der Waals surface area contributed by atoms with Crippen molar-refractivity contribution in [3.8, 4) is 5.88 Å². The second-order valence-corrected chi connectivity index (χ2v) is 5.85. The first-order chi connectivity index (χ1) is 8.79. The predicted octanol–water partition coefficient (Wildman–Crippen LogP) is 2.97. The Kier molecular flexibility index (Phi) is 3.30. The van der Waals surface area contributed by atoms with Crippen molar-refractivity contribution in [3.05, 3.63) is 18.0 Å². The Morgan fingerprint density at radius 3 is 2.63 bits per heavy atom. The van der Waals surface area contributed by atoms with Crippen LogP contribution in [0.25, 0.3) is 11.2 Å². The van der Waals surface area contributed by atoms with Gasteiger partial charge in [-0.1, -0.05) is 20.8 Å². The molecule has 0 saturated carbocycles. The van der Waals surface area contributed by atoms with Gasteiger partial charge in [0.15, 0.2) is 11.4 Å². The number of aromatic amines is 1. The number of ether oxygens (including phenoxy) is 1. The summed E-state index contributed by atoms with van der Waals surface area (Å²) in [5.41, 5.74) is 1.28. The summed E-state index contributed by atoms with van der Waals surface area (Å²) < 4.78 is 5.51. The Labute approximate surface area is 112 Å². The van der Waals surface area contributed by atoms with Crippen LogP contribution in [0.1, 0.15) is 45.0 Å². The minimum Gasteiger partial charge on any atom is -0.474 e. The fraction of sp³-hybridized carbons (Fsp3) is 0.500. The lowest BCUT2D eigenvalue weighted by Gasteiger charge is -2.15. The summed E-state index contributed by atoms with van der Waals surface area (Å²) in [5.74, 6) is 0.472. The maximum absolute atomic E-state index is 12.3. The molecule has 5 heteroatoms. The molecule has 0 saturated heterocycles. The first kappa shape index (κ1) is 13.5. The lowest BCUT2D eigenvalue weighted by Crippen LogP contribution is -2.20. The Morgan fingerprint density at radius 2 is 2.05 bits per heavy atom. The number of fused-ring (bicyclic) bond motifs is 1. The molecule has 2 heterocycles. The van der Waals surface area contributed by atoms with Crippen LogP contribution in [0.2, 0.25) is 0 Å².